The van der Waals surface area contributed by atoms with Crippen molar-refractivity contribution in [1.82, 2.24) is 0 Å². The van der Waals surface area contributed by atoms with Crippen molar-refractivity contribution in [3.05, 3.63) is 23.8 Å². The van der Waals surface area contributed by atoms with Crippen molar-refractivity contribution in [2.75, 3.05) is 0 Å². The molecule has 2 nitrogen and oxygen atoms in total. The van der Waals surface area contributed by atoms with E-state index in [1.165, 1.54) is 37.7 Å². The maximum Gasteiger partial charge on any atom is 0.241 e. The highest BCUT2D eigenvalue weighted by Crippen LogP contribution is 2.39. The van der Waals surface area contributed by atoms with Crippen LogP contribution in [0.15, 0.2) is 18.2 Å². The summed E-state index contributed by atoms with van der Waals surface area (Å²) in [6, 6.07) is 6.25. The van der Waals surface area contributed by atoms with Crippen LogP contribution in [0, 0.1) is 0 Å². The summed E-state index contributed by atoms with van der Waals surface area (Å²) in [7, 11) is 0. The molecular formula is C16H24O2. The molecule has 2 heteroatoms. The van der Waals surface area contributed by atoms with Crippen LogP contribution in [0.1, 0.15) is 57.9 Å². The molecule has 0 spiro atoms. The Kier molecular flexibility index (Phi) is 4.91. The number of hydrogen-bond acceptors (Lipinski definition) is 2. The van der Waals surface area contributed by atoms with Gasteiger partial charge in [0.25, 0.3) is 0 Å². The van der Waals surface area contributed by atoms with Crippen LogP contribution in [0.25, 0.3) is 0 Å². The van der Waals surface area contributed by atoms with Gasteiger partial charge in [0.1, 0.15) is 0 Å². The molecule has 1 aromatic rings. The van der Waals surface area contributed by atoms with Crippen LogP contribution < -0.4 is 9.47 Å². The second-order valence-electron chi connectivity index (χ2n) is 5.01. The Bertz CT molecular complexity index is 373. The zero-order valence-electron chi connectivity index (χ0n) is 11.6. The van der Waals surface area contributed by atoms with E-state index in [0.29, 0.717) is 0 Å². The smallest absolute Gasteiger partial charge is 0.241 e. The number of aryl methyl sites for hydroxylation is 1. The molecule has 1 atom stereocenters. The average molecular weight is 248 g/mol. The molecule has 0 aliphatic carbocycles. The summed E-state index contributed by atoms with van der Waals surface area (Å²) in [5.74, 6) is 1.93. The molecule has 0 N–H and O–H groups in total. The van der Waals surface area contributed by atoms with Gasteiger partial charge in [0.15, 0.2) is 11.5 Å². The zero-order chi connectivity index (χ0) is 12.8. The number of ether oxygens (including phenoxy) is 2. The number of para-hydroxylation sites is 1. The number of fused-ring (bicyclic) bond motifs is 1. The van der Waals surface area contributed by atoms with Crippen LogP contribution in [-0.4, -0.2) is 6.29 Å². The molecule has 0 fully saturated rings. The van der Waals surface area contributed by atoms with Crippen molar-refractivity contribution in [1.29, 1.82) is 0 Å². The summed E-state index contributed by atoms with van der Waals surface area (Å²) >= 11 is 0. The van der Waals surface area contributed by atoms with Gasteiger partial charge in [0.05, 0.1) is 0 Å². The summed E-state index contributed by atoms with van der Waals surface area (Å²) in [5, 5.41) is 0. The van der Waals surface area contributed by atoms with E-state index >= 15 is 0 Å². The van der Waals surface area contributed by atoms with Gasteiger partial charge in [-0.1, -0.05) is 45.2 Å². The first-order valence-electron chi connectivity index (χ1n) is 7.30. The Balaban J connectivity index is 1.95. The van der Waals surface area contributed by atoms with Gasteiger partial charge in [-0.05, 0) is 30.9 Å². The van der Waals surface area contributed by atoms with Crippen LogP contribution in [0.5, 0.6) is 11.5 Å². The van der Waals surface area contributed by atoms with Crippen molar-refractivity contribution in [2.45, 2.75) is 65.1 Å². The molecule has 1 unspecified atom stereocenters. The topological polar surface area (TPSA) is 18.5 Å². The number of rotatable bonds is 7. The average Bonchev–Trinajstić information content (AvgIpc) is 2.80. The standard InChI is InChI=1S/C16H24O2/c1-3-5-7-12-15-17-14-11-8-10-13(9-6-4-2)16(14)18-15/h8,10-11,15H,3-7,9,12H2,1-2H3. The van der Waals surface area contributed by atoms with E-state index in [9.17, 15) is 0 Å². The first kappa shape index (κ1) is 13.3. The number of benzene rings is 1. The molecular weight excluding hydrogens is 224 g/mol. The molecule has 2 rings (SSSR count). The van der Waals surface area contributed by atoms with Crippen molar-refractivity contribution in [3.8, 4) is 11.5 Å². The van der Waals surface area contributed by atoms with Gasteiger partial charge < -0.3 is 9.47 Å². The fourth-order valence-corrected chi connectivity index (χ4v) is 2.33. The largest absolute Gasteiger partial charge is 0.451 e. The van der Waals surface area contributed by atoms with Crippen molar-refractivity contribution >= 4 is 0 Å². The summed E-state index contributed by atoms with van der Waals surface area (Å²) in [6.45, 7) is 4.43. The van der Waals surface area contributed by atoms with E-state index in [2.05, 4.69) is 26.0 Å². The molecule has 100 valence electrons. The first-order chi connectivity index (χ1) is 8.85. The van der Waals surface area contributed by atoms with Gasteiger partial charge in [-0.3, -0.25) is 0 Å². The summed E-state index contributed by atoms with van der Waals surface area (Å²) in [4.78, 5) is 0. The second kappa shape index (κ2) is 6.67. The second-order valence-corrected chi connectivity index (χ2v) is 5.01. The van der Waals surface area contributed by atoms with Crippen LogP contribution >= 0.6 is 0 Å². The molecule has 1 heterocycles. The van der Waals surface area contributed by atoms with Gasteiger partial charge in [-0.2, -0.15) is 0 Å². The predicted octanol–water partition coefficient (Wildman–Crippen LogP) is 4.71. The van der Waals surface area contributed by atoms with Gasteiger partial charge >= 0.3 is 0 Å². The third kappa shape index (κ3) is 3.18. The Morgan fingerprint density at radius 3 is 2.61 bits per heavy atom. The normalized spacial score (nSPS) is 17.1. The van der Waals surface area contributed by atoms with E-state index in [1.807, 2.05) is 6.07 Å². The minimum Gasteiger partial charge on any atom is -0.451 e. The first-order valence-corrected chi connectivity index (χ1v) is 7.30. The Hall–Kier alpha value is -1.18. The fraction of sp³-hybridized carbons (Fsp3) is 0.625. The summed E-state index contributed by atoms with van der Waals surface area (Å²) in [6.07, 6.45) is 8.11. The third-order valence-corrected chi connectivity index (χ3v) is 3.41. The van der Waals surface area contributed by atoms with Crippen LogP contribution in [0.3, 0.4) is 0 Å². The lowest BCUT2D eigenvalue weighted by Crippen LogP contribution is -2.17. The van der Waals surface area contributed by atoms with Crippen LogP contribution in [0.2, 0.25) is 0 Å². The maximum absolute atomic E-state index is 5.96. The molecule has 1 aromatic carbocycles. The quantitative estimate of drug-likeness (QED) is 0.651. The lowest BCUT2D eigenvalue weighted by molar-refractivity contribution is 0.0392. The van der Waals surface area contributed by atoms with Gasteiger partial charge in [0.2, 0.25) is 6.29 Å². The molecule has 18 heavy (non-hydrogen) atoms. The Labute approximate surface area is 110 Å². The molecule has 0 radical (unpaired) electrons. The highest BCUT2D eigenvalue weighted by molar-refractivity contribution is 5.48. The summed E-state index contributed by atoms with van der Waals surface area (Å²) in [5.41, 5.74) is 1.30. The molecule has 0 amide bonds. The van der Waals surface area contributed by atoms with Gasteiger partial charge in [-0.25, -0.2) is 0 Å². The molecule has 0 aromatic heterocycles. The molecule has 1 aliphatic heterocycles. The number of hydrogen-bond donors (Lipinski definition) is 0. The number of unbranched alkanes of at least 4 members (excludes halogenated alkanes) is 3. The van der Waals surface area contributed by atoms with E-state index in [0.717, 1.165) is 24.3 Å². The lowest BCUT2D eigenvalue weighted by Gasteiger charge is -2.10. The third-order valence-electron chi connectivity index (χ3n) is 3.41. The minimum absolute atomic E-state index is 0.0608. The highest BCUT2D eigenvalue weighted by atomic mass is 16.7. The van der Waals surface area contributed by atoms with E-state index in [1.54, 1.807) is 0 Å². The van der Waals surface area contributed by atoms with Crippen LogP contribution in [0.4, 0.5) is 0 Å². The monoisotopic (exact) mass is 248 g/mol. The lowest BCUT2D eigenvalue weighted by atomic mass is 10.1. The van der Waals surface area contributed by atoms with E-state index in [-0.39, 0.29) is 6.29 Å². The fourth-order valence-electron chi connectivity index (χ4n) is 2.33. The van der Waals surface area contributed by atoms with E-state index in [4.69, 9.17) is 9.47 Å². The Morgan fingerprint density at radius 1 is 1.00 bits per heavy atom. The van der Waals surface area contributed by atoms with E-state index < -0.39 is 0 Å². The molecule has 0 bridgehead atoms. The van der Waals surface area contributed by atoms with Gasteiger partial charge in [-0.15, -0.1) is 0 Å². The molecule has 0 saturated heterocycles. The van der Waals surface area contributed by atoms with Gasteiger partial charge in [0, 0.05) is 6.42 Å². The Morgan fingerprint density at radius 2 is 1.83 bits per heavy atom. The van der Waals surface area contributed by atoms with Crippen molar-refractivity contribution in [3.63, 3.8) is 0 Å². The minimum atomic E-state index is -0.0608. The predicted molar refractivity (Wildman–Crippen MR) is 74.2 cm³/mol. The maximum atomic E-state index is 5.96. The highest BCUT2D eigenvalue weighted by Gasteiger charge is 2.25. The zero-order valence-corrected chi connectivity index (χ0v) is 11.6. The molecule has 1 aliphatic rings. The van der Waals surface area contributed by atoms with Crippen molar-refractivity contribution < 1.29 is 9.47 Å². The molecule has 0 saturated carbocycles. The van der Waals surface area contributed by atoms with Crippen LogP contribution in [-0.2, 0) is 6.42 Å². The SMILES string of the molecule is CCCCCC1Oc2cccc(CCCC)c2O1. The van der Waals surface area contributed by atoms with Crippen molar-refractivity contribution in [2.24, 2.45) is 0 Å². The summed E-state index contributed by atoms with van der Waals surface area (Å²) < 4.78 is 11.8.